The van der Waals surface area contributed by atoms with E-state index in [9.17, 15) is 39.6 Å². The van der Waals surface area contributed by atoms with Crippen molar-refractivity contribution in [3.8, 4) is 0 Å². The van der Waals surface area contributed by atoms with Gasteiger partial charge in [-0.2, -0.15) is 13.2 Å². The fraction of sp³-hybridized carbons (Fsp3) is 0.409. The van der Waals surface area contributed by atoms with Crippen molar-refractivity contribution in [2.45, 2.75) is 55.1 Å². The van der Waals surface area contributed by atoms with Crippen LogP contribution in [-0.2, 0) is 35.7 Å². The van der Waals surface area contributed by atoms with Gasteiger partial charge in [0.2, 0.25) is 0 Å². The van der Waals surface area contributed by atoms with Crippen molar-refractivity contribution in [2.75, 3.05) is 17.8 Å². The second-order valence-corrected chi connectivity index (χ2v) is 12.7. The van der Waals surface area contributed by atoms with Gasteiger partial charge >= 0.3 is 17.6 Å². The van der Waals surface area contributed by atoms with Gasteiger partial charge in [0.05, 0.1) is 29.9 Å². The molecule has 1 aromatic carbocycles. The summed E-state index contributed by atoms with van der Waals surface area (Å²) in [7, 11) is -8.81. The van der Waals surface area contributed by atoms with E-state index in [1.54, 1.807) is 20.8 Å². The fourth-order valence-electron chi connectivity index (χ4n) is 2.99. The third kappa shape index (κ3) is 6.77. The van der Waals surface area contributed by atoms with Crippen LogP contribution >= 0.6 is 0 Å². The highest BCUT2D eigenvalue weighted by molar-refractivity contribution is 7.92. The number of sulfone groups is 2. The van der Waals surface area contributed by atoms with Crippen molar-refractivity contribution >= 4 is 37.6 Å². The number of aromatic nitrogens is 1. The number of esters is 1. The molecule has 0 unspecified atom stereocenters. The van der Waals surface area contributed by atoms with E-state index in [4.69, 9.17) is 4.74 Å². The van der Waals surface area contributed by atoms with Crippen molar-refractivity contribution in [2.24, 2.45) is 0 Å². The summed E-state index contributed by atoms with van der Waals surface area (Å²) in [5.74, 6) is -1.90. The first-order chi connectivity index (χ1) is 16.9. The number of carbonyl (C=O) groups excluding carboxylic acids is 2. The number of benzene rings is 1. The highest BCUT2D eigenvalue weighted by atomic mass is 32.2. The Hall–Kier alpha value is -3.20. The summed E-state index contributed by atoms with van der Waals surface area (Å²) in [5, 5.41) is 0. The van der Waals surface area contributed by atoms with Crippen LogP contribution in [0.3, 0.4) is 0 Å². The van der Waals surface area contributed by atoms with Crippen LogP contribution in [0.15, 0.2) is 46.3 Å². The minimum atomic E-state index is -5.81. The molecule has 0 N–H and O–H groups in total. The number of halogens is 3. The van der Waals surface area contributed by atoms with Gasteiger partial charge in [-0.25, -0.2) is 31.4 Å². The van der Waals surface area contributed by atoms with Gasteiger partial charge in [0, 0.05) is 6.20 Å². The quantitative estimate of drug-likeness (QED) is 0.457. The normalized spacial score (nSPS) is 12.6. The van der Waals surface area contributed by atoms with E-state index in [-0.39, 0.29) is 22.0 Å². The highest BCUT2D eigenvalue weighted by Crippen LogP contribution is 2.33. The van der Waals surface area contributed by atoms with Crippen LogP contribution in [0, 0.1) is 0 Å². The number of amides is 1. The third-order valence-electron chi connectivity index (χ3n) is 4.77. The lowest BCUT2D eigenvalue weighted by Gasteiger charge is -2.28. The smallest absolute Gasteiger partial charge is 0.465 e. The van der Waals surface area contributed by atoms with Crippen molar-refractivity contribution in [3.05, 3.63) is 47.7 Å². The van der Waals surface area contributed by atoms with E-state index in [2.05, 4.69) is 9.72 Å². The summed E-state index contributed by atoms with van der Waals surface area (Å²) < 4.78 is 98.4. The van der Waals surface area contributed by atoms with E-state index in [1.165, 1.54) is 25.3 Å². The summed E-state index contributed by atoms with van der Waals surface area (Å²) in [6.07, 6.45) is 0.128. The van der Waals surface area contributed by atoms with Gasteiger partial charge in [-0.15, -0.1) is 0 Å². The zero-order valence-corrected chi connectivity index (χ0v) is 22.1. The number of methoxy groups -OCH3 is 1. The molecule has 0 aliphatic rings. The maximum atomic E-state index is 13.1. The predicted molar refractivity (Wildman–Crippen MR) is 125 cm³/mol. The largest absolute Gasteiger partial charge is 0.501 e. The summed E-state index contributed by atoms with van der Waals surface area (Å²) >= 11 is 0. The zero-order chi connectivity index (χ0) is 28.4. The Labute approximate surface area is 212 Å². The molecule has 0 aliphatic carbocycles. The number of ether oxygens (including phenoxy) is 2. The molecule has 0 bridgehead atoms. The Kier molecular flexibility index (Phi) is 8.64. The molecule has 0 saturated carbocycles. The van der Waals surface area contributed by atoms with Crippen LogP contribution in [0.1, 0.15) is 43.6 Å². The monoisotopic (exact) mass is 566 g/mol. The average Bonchev–Trinajstić information content (AvgIpc) is 2.80. The Morgan fingerprint density at radius 1 is 1.05 bits per heavy atom. The molecule has 0 spiro atoms. The summed E-state index contributed by atoms with van der Waals surface area (Å²) in [6.45, 7) is 5.37. The van der Waals surface area contributed by atoms with Gasteiger partial charge < -0.3 is 9.47 Å². The number of carbonyl (C=O) groups is 2. The van der Waals surface area contributed by atoms with Gasteiger partial charge in [0.15, 0.2) is 15.7 Å². The molecular weight excluding hydrogens is 541 g/mol. The average molecular weight is 567 g/mol. The Morgan fingerprint density at radius 2 is 1.68 bits per heavy atom. The molecule has 1 heterocycles. The molecule has 10 nitrogen and oxygen atoms in total. The van der Waals surface area contributed by atoms with E-state index in [0.717, 1.165) is 18.1 Å². The van der Waals surface area contributed by atoms with E-state index < -0.39 is 59.9 Å². The second kappa shape index (κ2) is 10.7. The Bertz CT molecular complexity index is 1400. The zero-order valence-electron chi connectivity index (χ0n) is 20.5. The lowest BCUT2D eigenvalue weighted by Crippen LogP contribution is -2.38. The van der Waals surface area contributed by atoms with Crippen molar-refractivity contribution in [1.29, 1.82) is 0 Å². The Balaban J connectivity index is 2.77. The van der Waals surface area contributed by atoms with Gasteiger partial charge in [0.1, 0.15) is 10.5 Å². The number of hydrogen-bond acceptors (Lipinski definition) is 9. The molecule has 2 rings (SSSR count). The SMILES string of the molecule is CCS(=O)(=O)c1cccnc1N(Cc1ccc(S(=O)(=O)C(F)(F)F)cc1C(=O)OC)C(=O)OC(C)(C)C. The molecule has 204 valence electrons. The molecular formula is C22H25F3N2O8S2. The van der Waals surface area contributed by atoms with Crippen LogP contribution in [0.4, 0.5) is 23.8 Å². The van der Waals surface area contributed by atoms with E-state index >= 15 is 0 Å². The van der Waals surface area contributed by atoms with Gasteiger partial charge in [0.25, 0.3) is 9.84 Å². The van der Waals surface area contributed by atoms with Gasteiger partial charge in [-0.3, -0.25) is 4.90 Å². The molecule has 0 atom stereocenters. The summed E-state index contributed by atoms with van der Waals surface area (Å²) in [6, 6.07) is 4.51. The molecule has 0 saturated heterocycles. The second-order valence-electron chi connectivity index (χ2n) is 8.55. The number of alkyl halides is 3. The van der Waals surface area contributed by atoms with Crippen LogP contribution in [0.2, 0.25) is 0 Å². The lowest BCUT2D eigenvalue weighted by molar-refractivity contribution is -0.0436. The first kappa shape index (κ1) is 30.0. The first-order valence-electron chi connectivity index (χ1n) is 10.6. The van der Waals surface area contributed by atoms with Crippen molar-refractivity contribution in [1.82, 2.24) is 4.98 Å². The number of rotatable bonds is 7. The molecule has 1 aromatic heterocycles. The topological polar surface area (TPSA) is 137 Å². The van der Waals surface area contributed by atoms with E-state index in [0.29, 0.717) is 12.1 Å². The molecule has 0 aliphatic heterocycles. The fourth-order valence-corrected chi connectivity index (χ4v) is 4.82. The predicted octanol–water partition coefficient (Wildman–Crippen LogP) is 3.90. The maximum Gasteiger partial charge on any atom is 0.501 e. The molecule has 15 heteroatoms. The maximum absolute atomic E-state index is 13.1. The number of nitrogens with zero attached hydrogens (tertiary/aromatic N) is 2. The molecule has 1 amide bonds. The Morgan fingerprint density at radius 3 is 2.19 bits per heavy atom. The lowest BCUT2D eigenvalue weighted by atomic mass is 10.1. The number of hydrogen-bond donors (Lipinski definition) is 0. The molecule has 0 fully saturated rings. The van der Waals surface area contributed by atoms with Gasteiger partial charge in [-0.05, 0) is 50.6 Å². The summed E-state index contributed by atoms with van der Waals surface area (Å²) in [5.41, 5.74) is -7.45. The standard InChI is InChI=1S/C22H25F3N2O8S2/c1-6-36(30,31)17-8-7-11-26-18(17)27(20(29)35-21(2,3)4)13-14-9-10-15(12-16(14)19(28)34-5)37(32,33)22(23,24)25/h7-12H,6,13H2,1-5H3. The first-order valence-corrected chi connectivity index (χ1v) is 13.7. The van der Waals surface area contributed by atoms with E-state index in [1.807, 2.05) is 0 Å². The van der Waals surface area contributed by atoms with Crippen molar-refractivity contribution in [3.63, 3.8) is 0 Å². The molecule has 0 radical (unpaired) electrons. The highest BCUT2D eigenvalue weighted by Gasteiger charge is 2.47. The van der Waals surface area contributed by atoms with Crippen LogP contribution in [0.25, 0.3) is 0 Å². The van der Waals surface area contributed by atoms with Crippen molar-refractivity contribution < 1.29 is 49.1 Å². The minimum Gasteiger partial charge on any atom is -0.465 e. The van der Waals surface area contributed by atoms with Crippen LogP contribution in [-0.4, -0.2) is 57.9 Å². The third-order valence-corrected chi connectivity index (χ3v) is 8.00. The molecule has 2 aromatic rings. The van der Waals surface area contributed by atoms with Crippen LogP contribution in [0.5, 0.6) is 0 Å². The van der Waals surface area contributed by atoms with Gasteiger partial charge in [-0.1, -0.05) is 13.0 Å². The number of pyridine rings is 1. The minimum absolute atomic E-state index is 0.163. The summed E-state index contributed by atoms with van der Waals surface area (Å²) in [4.78, 5) is 28.8. The van der Waals surface area contributed by atoms with Crippen LogP contribution < -0.4 is 4.90 Å². The number of anilines is 1. The molecule has 37 heavy (non-hydrogen) atoms.